The Kier molecular flexibility index (Phi) is 3.15. The monoisotopic (exact) mass is 255 g/mol. The van der Waals surface area contributed by atoms with Gasteiger partial charge in [0.25, 0.3) is 0 Å². The van der Waals surface area contributed by atoms with Crippen LogP contribution in [0.1, 0.15) is 25.3 Å². The molecule has 19 heavy (non-hydrogen) atoms. The maximum atomic E-state index is 5.90. The summed E-state index contributed by atoms with van der Waals surface area (Å²) in [7, 11) is 2.18. The number of pyridine rings is 1. The van der Waals surface area contributed by atoms with Crippen molar-refractivity contribution in [2.24, 2.45) is 11.7 Å². The third-order valence-electron chi connectivity index (χ3n) is 4.31. The largest absolute Gasteiger partial charge is 0.371 e. The van der Waals surface area contributed by atoms with Gasteiger partial charge in [0, 0.05) is 36.8 Å². The lowest BCUT2D eigenvalue weighted by molar-refractivity contribution is 0.608. The molecule has 1 heterocycles. The highest BCUT2D eigenvalue weighted by atomic mass is 15.1. The number of nitrogens with two attached hydrogens (primary N) is 1. The first-order valence-corrected chi connectivity index (χ1v) is 7.02. The predicted molar refractivity (Wildman–Crippen MR) is 80.2 cm³/mol. The molecule has 2 aromatic rings. The van der Waals surface area contributed by atoms with Gasteiger partial charge in [0.2, 0.25) is 0 Å². The van der Waals surface area contributed by atoms with E-state index in [1.165, 1.54) is 23.9 Å². The quantitative estimate of drug-likeness (QED) is 0.913. The number of hydrogen-bond donors (Lipinski definition) is 1. The van der Waals surface area contributed by atoms with Crippen LogP contribution in [-0.4, -0.2) is 18.1 Å². The molecule has 2 N–H and O–H groups in total. The average Bonchev–Trinajstić information content (AvgIpc) is 3.29. The van der Waals surface area contributed by atoms with Gasteiger partial charge in [-0.3, -0.25) is 4.98 Å². The zero-order chi connectivity index (χ0) is 13.4. The van der Waals surface area contributed by atoms with Crippen LogP contribution in [0, 0.1) is 5.92 Å². The summed E-state index contributed by atoms with van der Waals surface area (Å²) in [6.07, 6.45) is 4.63. The van der Waals surface area contributed by atoms with Gasteiger partial charge in [-0.05, 0) is 31.7 Å². The topological polar surface area (TPSA) is 42.1 Å². The van der Waals surface area contributed by atoms with E-state index >= 15 is 0 Å². The van der Waals surface area contributed by atoms with E-state index < -0.39 is 0 Å². The number of anilines is 1. The molecule has 0 radical (unpaired) electrons. The number of rotatable bonds is 4. The molecule has 1 aliphatic rings. The molecule has 100 valence electrons. The minimum atomic E-state index is 0.537. The molecular weight excluding hydrogens is 234 g/mol. The molecule has 3 heteroatoms. The third kappa shape index (κ3) is 2.19. The highest BCUT2D eigenvalue weighted by Crippen LogP contribution is 2.38. The van der Waals surface area contributed by atoms with Crippen molar-refractivity contribution in [2.75, 3.05) is 11.9 Å². The molecule has 1 aromatic heterocycles. The number of para-hydroxylation sites is 1. The molecule has 0 bridgehead atoms. The Labute approximate surface area is 114 Å². The molecule has 1 aromatic carbocycles. The maximum Gasteiger partial charge on any atom is 0.0723 e. The van der Waals surface area contributed by atoms with E-state index in [0.717, 1.165) is 17.0 Å². The van der Waals surface area contributed by atoms with Crippen LogP contribution in [0.15, 0.2) is 30.5 Å². The first-order valence-electron chi connectivity index (χ1n) is 7.02. The Balaban J connectivity index is 2.13. The molecule has 0 saturated heterocycles. The number of fused-ring (bicyclic) bond motifs is 1. The lowest BCUT2D eigenvalue weighted by Crippen LogP contribution is -2.32. The molecule has 1 unspecified atom stereocenters. The van der Waals surface area contributed by atoms with Crippen LogP contribution in [0.25, 0.3) is 10.9 Å². The first kappa shape index (κ1) is 12.4. The van der Waals surface area contributed by atoms with Gasteiger partial charge in [0.05, 0.1) is 11.2 Å². The third-order valence-corrected chi connectivity index (χ3v) is 4.31. The summed E-state index contributed by atoms with van der Waals surface area (Å²) >= 11 is 0. The van der Waals surface area contributed by atoms with Gasteiger partial charge in [-0.25, -0.2) is 0 Å². The molecule has 1 atom stereocenters. The van der Waals surface area contributed by atoms with Crippen molar-refractivity contribution in [2.45, 2.75) is 32.4 Å². The Morgan fingerprint density at radius 3 is 2.79 bits per heavy atom. The summed E-state index contributed by atoms with van der Waals surface area (Å²) in [6.45, 7) is 2.85. The zero-order valence-corrected chi connectivity index (χ0v) is 11.6. The maximum absolute atomic E-state index is 5.90. The molecule has 1 saturated carbocycles. The van der Waals surface area contributed by atoms with Crippen molar-refractivity contribution in [1.29, 1.82) is 0 Å². The fraction of sp³-hybridized carbons (Fsp3) is 0.438. The molecule has 1 fully saturated rings. The van der Waals surface area contributed by atoms with E-state index in [2.05, 4.69) is 42.1 Å². The predicted octanol–water partition coefficient (Wildman–Crippen LogP) is 2.93. The number of hydrogen-bond acceptors (Lipinski definition) is 3. The van der Waals surface area contributed by atoms with E-state index in [0.29, 0.717) is 12.6 Å². The fourth-order valence-corrected chi connectivity index (χ4v) is 2.83. The number of nitrogens with zero attached hydrogens (tertiary/aromatic N) is 2. The van der Waals surface area contributed by atoms with Gasteiger partial charge < -0.3 is 10.6 Å². The highest BCUT2D eigenvalue weighted by molar-refractivity contribution is 5.93. The van der Waals surface area contributed by atoms with E-state index in [1.807, 2.05) is 12.3 Å². The van der Waals surface area contributed by atoms with Crippen molar-refractivity contribution < 1.29 is 0 Å². The van der Waals surface area contributed by atoms with Gasteiger partial charge in [-0.1, -0.05) is 18.2 Å². The molecule has 1 aliphatic carbocycles. The van der Waals surface area contributed by atoms with Crippen LogP contribution in [0.2, 0.25) is 0 Å². The normalized spacial score (nSPS) is 16.6. The van der Waals surface area contributed by atoms with E-state index in [9.17, 15) is 0 Å². The highest BCUT2D eigenvalue weighted by Gasteiger charge is 2.31. The van der Waals surface area contributed by atoms with E-state index in [-0.39, 0.29) is 0 Å². The summed E-state index contributed by atoms with van der Waals surface area (Å²) in [5.41, 5.74) is 9.34. The molecular formula is C16H21N3. The molecule has 3 nitrogen and oxygen atoms in total. The van der Waals surface area contributed by atoms with Gasteiger partial charge in [0.15, 0.2) is 0 Å². The van der Waals surface area contributed by atoms with Crippen molar-refractivity contribution >= 4 is 16.6 Å². The number of benzene rings is 1. The fourth-order valence-electron chi connectivity index (χ4n) is 2.83. The second-order valence-corrected chi connectivity index (χ2v) is 5.54. The van der Waals surface area contributed by atoms with Crippen LogP contribution >= 0.6 is 0 Å². The minimum absolute atomic E-state index is 0.537. The van der Waals surface area contributed by atoms with Crippen LogP contribution in [0.3, 0.4) is 0 Å². The standard InChI is InChI=1S/C16H21N3/c1-11(12-7-8-12)19(2)16-13(9-17)10-18-15-6-4-3-5-14(15)16/h3-6,10-12H,7-9,17H2,1-2H3. The Morgan fingerprint density at radius 1 is 1.37 bits per heavy atom. The molecule has 0 spiro atoms. The van der Waals surface area contributed by atoms with Crippen LogP contribution in [0.5, 0.6) is 0 Å². The summed E-state index contributed by atoms with van der Waals surface area (Å²) in [5.74, 6) is 0.836. The SMILES string of the molecule is CC(C1CC1)N(C)c1c(CN)cnc2ccccc12. The smallest absolute Gasteiger partial charge is 0.0723 e. The minimum Gasteiger partial charge on any atom is -0.371 e. The summed E-state index contributed by atoms with van der Waals surface area (Å²) in [4.78, 5) is 6.90. The van der Waals surface area contributed by atoms with Crippen molar-refractivity contribution in [3.8, 4) is 0 Å². The lowest BCUT2D eigenvalue weighted by Gasteiger charge is -2.30. The molecule has 0 aliphatic heterocycles. The molecule has 0 amide bonds. The first-order chi connectivity index (χ1) is 9.22. The lowest BCUT2D eigenvalue weighted by atomic mass is 10.1. The van der Waals surface area contributed by atoms with Crippen LogP contribution in [0.4, 0.5) is 5.69 Å². The van der Waals surface area contributed by atoms with Gasteiger partial charge in [-0.2, -0.15) is 0 Å². The average molecular weight is 255 g/mol. The van der Waals surface area contributed by atoms with E-state index in [4.69, 9.17) is 5.73 Å². The summed E-state index contributed by atoms with van der Waals surface area (Å²) < 4.78 is 0. The van der Waals surface area contributed by atoms with Crippen LogP contribution < -0.4 is 10.6 Å². The second-order valence-electron chi connectivity index (χ2n) is 5.54. The second kappa shape index (κ2) is 4.82. The Hall–Kier alpha value is -1.61. The summed E-state index contributed by atoms with van der Waals surface area (Å²) in [5, 5.41) is 1.21. The number of aromatic nitrogens is 1. The molecule has 3 rings (SSSR count). The summed E-state index contributed by atoms with van der Waals surface area (Å²) in [6, 6.07) is 8.88. The zero-order valence-electron chi connectivity index (χ0n) is 11.6. The van der Waals surface area contributed by atoms with E-state index in [1.54, 1.807) is 0 Å². The van der Waals surface area contributed by atoms with Crippen molar-refractivity contribution in [3.05, 3.63) is 36.0 Å². The Bertz CT molecular complexity index is 590. The van der Waals surface area contributed by atoms with Crippen molar-refractivity contribution in [1.82, 2.24) is 4.98 Å². The van der Waals surface area contributed by atoms with Crippen LogP contribution in [-0.2, 0) is 6.54 Å². The van der Waals surface area contributed by atoms with Gasteiger partial charge in [-0.15, -0.1) is 0 Å². The van der Waals surface area contributed by atoms with Gasteiger partial charge in [0.1, 0.15) is 0 Å². The van der Waals surface area contributed by atoms with Gasteiger partial charge >= 0.3 is 0 Å². The Morgan fingerprint density at radius 2 is 2.11 bits per heavy atom. The van der Waals surface area contributed by atoms with Crippen molar-refractivity contribution in [3.63, 3.8) is 0 Å².